The van der Waals surface area contributed by atoms with Crippen molar-refractivity contribution in [1.82, 2.24) is 9.78 Å². The van der Waals surface area contributed by atoms with Gasteiger partial charge >= 0.3 is 0 Å². The molecule has 0 saturated carbocycles. The molecular weight excluding hydrogens is 271 g/mol. The molecule has 0 spiro atoms. The molecule has 4 nitrogen and oxygen atoms in total. The fraction of sp³-hybridized carbons (Fsp3) is 0.562. The number of halogens is 1. The van der Waals surface area contributed by atoms with Gasteiger partial charge in [-0.3, -0.25) is 0 Å². The number of ether oxygens (including phenoxy) is 2. The van der Waals surface area contributed by atoms with Crippen LogP contribution in [0.25, 0.3) is 10.9 Å². The molecule has 0 aliphatic carbocycles. The molecule has 0 N–H and O–H groups in total. The fourth-order valence-corrected chi connectivity index (χ4v) is 2.58. The SMILES string of the molecule is CC.COc1cc2c(C)nn(C3CCCCO3)c2cc1F. The Hall–Kier alpha value is -1.62. The van der Waals surface area contributed by atoms with Gasteiger partial charge in [0.05, 0.1) is 18.3 Å². The van der Waals surface area contributed by atoms with E-state index in [-0.39, 0.29) is 17.8 Å². The molecule has 1 saturated heterocycles. The third-order valence-electron chi connectivity index (χ3n) is 3.59. The Morgan fingerprint density at radius 3 is 2.71 bits per heavy atom. The Balaban J connectivity index is 0.000000774. The van der Waals surface area contributed by atoms with Crippen LogP contribution in [0.2, 0.25) is 0 Å². The van der Waals surface area contributed by atoms with Crippen LogP contribution in [-0.4, -0.2) is 23.5 Å². The molecule has 1 atom stereocenters. The van der Waals surface area contributed by atoms with Gasteiger partial charge in [-0.05, 0) is 32.3 Å². The van der Waals surface area contributed by atoms with E-state index in [9.17, 15) is 4.39 Å². The van der Waals surface area contributed by atoms with Crippen LogP contribution >= 0.6 is 0 Å². The first-order valence-corrected chi connectivity index (χ1v) is 7.54. The Labute approximate surface area is 124 Å². The minimum Gasteiger partial charge on any atom is -0.494 e. The number of methoxy groups -OCH3 is 1. The lowest BCUT2D eigenvalue weighted by molar-refractivity contribution is -0.0368. The van der Waals surface area contributed by atoms with Gasteiger partial charge in [0.1, 0.15) is 0 Å². The number of hydrogen-bond acceptors (Lipinski definition) is 3. The maximum Gasteiger partial charge on any atom is 0.167 e. The van der Waals surface area contributed by atoms with Crippen LogP contribution < -0.4 is 4.74 Å². The molecule has 116 valence electrons. The number of rotatable bonds is 2. The van der Waals surface area contributed by atoms with Crippen molar-refractivity contribution in [3.8, 4) is 5.75 Å². The second-order valence-electron chi connectivity index (χ2n) is 4.86. The lowest BCUT2D eigenvalue weighted by Crippen LogP contribution is -2.19. The Morgan fingerprint density at radius 2 is 2.10 bits per heavy atom. The molecule has 21 heavy (non-hydrogen) atoms. The molecule has 3 rings (SSSR count). The molecule has 1 fully saturated rings. The van der Waals surface area contributed by atoms with E-state index in [1.807, 2.05) is 20.8 Å². The summed E-state index contributed by atoms with van der Waals surface area (Å²) in [4.78, 5) is 0. The van der Waals surface area contributed by atoms with E-state index < -0.39 is 0 Å². The molecule has 1 aromatic heterocycles. The van der Waals surface area contributed by atoms with E-state index in [4.69, 9.17) is 9.47 Å². The maximum atomic E-state index is 13.9. The largest absolute Gasteiger partial charge is 0.494 e. The predicted molar refractivity (Wildman–Crippen MR) is 81.2 cm³/mol. The zero-order valence-corrected chi connectivity index (χ0v) is 13.1. The van der Waals surface area contributed by atoms with E-state index in [1.165, 1.54) is 13.2 Å². The summed E-state index contributed by atoms with van der Waals surface area (Å²) in [6.45, 7) is 6.66. The highest BCUT2D eigenvalue weighted by atomic mass is 19.1. The van der Waals surface area contributed by atoms with Gasteiger partial charge in [0, 0.05) is 18.1 Å². The number of fused-ring (bicyclic) bond motifs is 1. The Morgan fingerprint density at radius 1 is 1.33 bits per heavy atom. The van der Waals surface area contributed by atoms with Crippen molar-refractivity contribution >= 4 is 10.9 Å². The van der Waals surface area contributed by atoms with E-state index in [0.29, 0.717) is 0 Å². The van der Waals surface area contributed by atoms with Crippen molar-refractivity contribution in [3.05, 3.63) is 23.6 Å². The van der Waals surface area contributed by atoms with Crippen LogP contribution in [0.15, 0.2) is 12.1 Å². The zero-order chi connectivity index (χ0) is 15.4. The molecule has 1 aliphatic heterocycles. The molecular formula is C16H23FN2O2. The highest BCUT2D eigenvalue weighted by Crippen LogP contribution is 2.31. The van der Waals surface area contributed by atoms with Crippen molar-refractivity contribution < 1.29 is 13.9 Å². The lowest BCUT2D eigenvalue weighted by atomic mass is 10.1. The molecule has 5 heteroatoms. The Kier molecular flexibility index (Phi) is 5.17. The van der Waals surface area contributed by atoms with Crippen molar-refractivity contribution in [2.75, 3.05) is 13.7 Å². The second kappa shape index (κ2) is 6.89. The van der Waals surface area contributed by atoms with Crippen molar-refractivity contribution in [2.24, 2.45) is 0 Å². The minimum absolute atomic E-state index is 0.0854. The molecule has 2 heterocycles. The zero-order valence-electron chi connectivity index (χ0n) is 13.1. The summed E-state index contributed by atoms with van der Waals surface area (Å²) in [5.74, 6) is -0.119. The molecule has 2 aromatic rings. The maximum absolute atomic E-state index is 13.9. The predicted octanol–water partition coefficient (Wildman–Crippen LogP) is 4.22. The number of hydrogen-bond donors (Lipinski definition) is 0. The number of aryl methyl sites for hydroxylation is 1. The normalized spacial score (nSPS) is 18.2. The molecule has 0 radical (unpaired) electrons. The summed E-state index contributed by atoms with van der Waals surface area (Å²) in [5, 5.41) is 5.41. The topological polar surface area (TPSA) is 36.3 Å². The van der Waals surface area contributed by atoms with Gasteiger partial charge in [-0.1, -0.05) is 13.8 Å². The highest BCUT2D eigenvalue weighted by molar-refractivity contribution is 5.83. The monoisotopic (exact) mass is 294 g/mol. The molecule has 1 aliphatic rings. The first-order valence-electron chi connectivity index (χ1n) is 7.54. The van der Waals surface area contributed by atoms with Crippen molar-refractivity contribution in [3.63, 3.8) is 0 Å². The summed E-state index contributed by atoms with van der Waals surface area (Å²) in [5.41, 5.74) is 1.63. The van der Waals surface area contributed by atoms with Gasteiger partial charge in [-0.25, -0.2) is 9.07 Å². The van der Waals surface area contributed by atoms with Gasteiger partial charge in [0.25, 0.3) is 0 Å². The van der Waals surface area contributed by atoms with E-state index in [2.05, 4.69) is 5.10 Å². The van der Waals surface area contributed by atoms with Crippen LogP contribution in [-0.2, 0) is 4.74 Å². The second-order valence-corrected chi connectivity index (χ2v) is 4.86. The lowest BCUT2D eigenvalue weighted by Gasteiger charge is -2.23. The van der Waals surface area contributed by atoms with Crippen LogP contribution in [0, 0.1) is 12.7 Å². The third kappa shape index (κ3) is 3.02. The van der Waals surface area contributed by atoms with Crippen LogP contribution in [0.3, 0.4) is 0 Å². The summed E-state index contributed by atoms with van der Waals surface area (Å²) < 4.78 is 26.4. The van der Waals surface area contributed by atoms with E-state index in [0.717, 1.165) is 42.5 Å². The number of benzene rings is 1. The standard InChI is InChI=1S/C14H17FN2O2.C2H6/c1-9-10-7-13(18-2)11(15)8-12(10)17(16-9)14-5-3-4-6-19-14;1-2/h7-8,14H,3-6H2,1-2H3;1-2H3. The van der Waals surface area contributed by atoms with Gasteiger partial charge < -0.3 is 9.47 Å². The van der Waals surface area contributed by atoms with Crippen molar-refractivity contribution in [1.29, 1.82) is 0 Å². The first kappa shape index (κ1) is 15.8. The quantitative estimate of drug-likeness (QED) is 0.832. The van der Waals surface area contributed by atoms with E-state index >= 15 is 0 Å². The van der Waals surface area contributed by atoms with Gasteiger partial charge in [-0.15, -0.1) is 0 Å². The van der Waals surface area contributed by atoms with Crippen LogP contribution in [0.1, 0.15) is 45.0 Å². The molecule has 0 amide bonds. The van der Waals surface area contributed by atoms with Crippen LogP contribution in [0.4, 0.5) is 4.39 Å². The van der Waals surface area contributed by atoms with Crippen LogP contribution in [0.5, 0.6) is 5.75 Å². The van der Waals surface area contributed by atoms with Crippen molar-refractivity contribution in [2.45, 2.75) is 46.3 Å². The van der Waals surface area contributed by atoms with Gasteiger partial charge in [-0.2, -0.15) is 5.10 Å². The summed E-state index contributed by atoms with van der Waals surface area (Å²) in [7, 11) is 1.47. The van der Waals surface area contributed by atoms with Gasteiger partial charge in [0.2, 0.25) is 0 Å². The number of aromatic nitrogens is 2. The number of nitrogens with zero attached hydrogens (tertiary/aromatic N) is 2. The summed E-state index contributed by atoms with van der Waals surface area (Å²) in [6, 6.07) is 3.18. The smallest absolute Gasteiger partial charge is 0.167 e. The minimum atomic E-state index is -0.369. The summed E-state index contributed by atoms with van der Waals surface area (Å²) >= 11 is 0. The molecule has 1 unspecified atom stereocenters. The first-order chi connectivity index (χ1) is 10.2. The van der Waals surface area contributed by atoms with E-state index in [1.54, 1.807) is 10.7 Å². The highest BCUT2D eigenvalue weighted by Gasteiger charge is 2.21. The summed E-state index contributed by atoms with van der Waals surface area (Å²) in [6.07, 6.45) is 3.03. The molecule has 1 aromatic carbocycles. The average Bonchev–Trinajstić information content (AvgIpc) is 2.85. The molecule has 0 bridgehead atoms. The Bertz CT molecular complexity index is 604. The van der Waals surface area contributed by atoms with Gasteiger partial charge in [0.15, 0.2) is 17.8 Å². The average molecular weight is 294 g/mol. The third-order valence-corrected chi connectivity index (χ3v) is 3.59. The fourth-order valence-electron chi connectivity index (χ4n) is 2.58.